The van der Waals surface area contributed by atoms with Gasteiger partial charge >= 0.3 is 0 Å². The Bertz CT molecular complexity index is 1000. The SMILES string of the molecule is FC(F)c1n[nH]c(=S)n1/N=C/c1ccc(COc2cc(Cl)ccc2Cl)o1. The van der Waals surface area contributed by atoms with Crippen molar-refractivity contribution in [3.8, 4) is 5.75 Å². The average molecular weight is 419 g/mol. The van der Waals surface area contributed by atoms with Gasteiger partial charge in [0, 0.05) is 11.1 Å². The van der Waals surface area contributed by atoms with Crippen LogP contribution in [0.15, 0.2) is 39.9 Å². The number of aromatic nitrogens is 3. The average Bonchev–Trinajstić information content (AvgIpc) is 3.20. The molecule has 6 nitrogen and oxygen atoms in total. The van der Waals surface area contributed by atoms with E-state index in [1.807, 2.05) is 0 Å². The Morgan fingerprint density at radius 1 is 1.35 bits per heavy atom. The molecule has 0 unspecified atom stereocenters. The van der Waals surface area contributed by atoms with E-state index in [9.17, 15) is 8.78 Å². The first-order valence-electron chi connectivity index (χ1n) is 7.10. The molecule has 0 aliphatic rings. The molecule has 0 saturated heterocycles. The molecule has 11 heteroatoms. The van der Waals surface area contributed by atoms with Gasteiger partial charge in [-0.3, -0.25) is 0 Å². The van der Waals surface area contributed by atoms with Crippen LogP contribution in [0, 0.1) is 4.77 Å². The highest BCUT2D eigenvalue weighted by Crippen LogP contribution is 2.28. The van der Waals surface area contributed by atoms with E-state index < -0.39 is 12.2 Å². The molecule has 1 aromatic carbocycles. The second-order valence-corrected chi connectivity index (χ2v) is 6.14. The first-order valence-corrected chi connectivity index (χ1v) is 8.27. The lowest BCUT2D eigenvalue weighted by molar-refractivity contribution is 0.136. The molecule has 3 rings (SSSR count). The number of benzene rings is 1. The minimum absolute atomic E-state index is 0.0535. The van der Waals surface area contributed by atoms with E-state index in [-0.39, 0.29) is 11.4 Å². The predicted octanol–water partition coefficient (Wildman–Crippen LogP) is 5.24. The summed E-state index contributed by atoms with van der Waals surface area (Å²) in [6.07, 6.45) is -1.57. The molecule has 0 fully saturated rings. The molecule has 0 aliphatic heterocycles. The van der Waals surface area contributed by atoms with Crippen LogP contribution in [-0.4, -0.2) is 21.1 Å². The first kappa shape index (κ1) is 18.6. The van der Waals surface area contributed by atoms with Crippen molar-refractivity contribution in [3.63, 3.8) is 0 Å². The van der Waals surface area contributed by atoms with E-state index in [1.54, 1.807) is 30.3 Å². The van der Waals surface area contributed by atoms with Crippen molar-refractivity contribution in [2.24, 2.45) is 5.10 Å². The number of nitrogens with one attached hydrogen (secondary N) is 1. The Hall–Kier alpha value is -2.23. The van der Waals surface area contributed by atoms with Gasteiger partial charge in [0.25, 0.3) is 6.43 Å². The summed E-state index contributed by atoms with van der Waals surface area (Å²) in [5.41, 5.74) is 0. The van der Waals surface area contributed by atoms with Crippen molar-refractivity contribution in [1.29, 1.82) is 0 Å². The molecule has 0 radical (unpaired) electrons. The third-order valence-electron chi connectivity index (χ3n) is 3.12. The largest absolute Gasteiger partial charge is 0.484 e. The van der Waals surface area contributed by atoms with Crippen LogP contribution in [0.5, 0.6) is 5.75 Å². The second kappa shape index (κ2) is 7.98. The summed E-state index contributed by atoms with van der Waals surface area (Å²) in [4.78, 5) is 0. The molecule has 0 amide bonds. The van der Waals surface area contributed by atoms with Crippen LogP contribution in [0.4, 0.5) is 8.78 Å². The Morgan fingerprint density at radius 2 is 2.15 bits per heavy atom. The molecule has 2 heterocycles. The summed E-state index contributed by atoms with van der Waals surface area (Å²) in [6, 6.07) is 8.11. The number of H-pyrrole nitrogens is 1. The van der Waals surface area contributed by atoms with Crippen molar-refractivity contribution < 1.29 is 17.9 Å². The highest BCUT2D eigenvalue weighted by atomic mass is 35.5. The predicted molar refractivity (Wildman–Crippen MR) is 94.9 cm³/mol. The number of rotatable bonds is 6. The van der Waals surface area contributed by atoms with E-state index in [4.69, 9.17) is 44.6 Å². The standard InChI is InChI=1S/C15H10Cl2F2N4O2S/c16-8-1-4-11(17)12(5-8)24-7-10-3-2-9(25-10)6-20-23-14(13(18)19)21-22-15(23)26/h1-6,13H,7H2,(H,22,26)/b20-6+. The third-order valence-corrected chi connectivity index (χ3v) is 3.93. The topological polar surface area (TPSA) is 68.3 Å². The van der Waals surface area contributed by atoms with Crippen molar-refractivity contribution >= 4 is 41.6 Å². The van der Waals surface area contributed by atoms with E-state index in [2.05, 4.69) is 15.3 Å². The van der Waals surface area contributed by atoms with Gasteiger partial charge in [-0.2, -0.15) is 14.9 Å². The van der Waals surface area contributed by atoms with Crippen molar-refractivity contribution in [2.75, 3.05) is 0 Å². The van der Waals surface area contributed by atoms with E-state index in [0.29, 0.717) is 27.3 Å². The monoisotopic (exact) mass is 418 g/mol. The lowest BCUT2D eigenvalue weighted by atomic mass is 10.3. The van der Waals surface area contributed by atoms with Crippen LogP contribution in [0.25, 0.3) is 0 Å². The number of hydrogen-bond donors (Lipinski definition) is 1. The minimum atomic E-state index is -2.82. The molecule has 2 aromatic heterocycles. The summed E-state index contributed by atoms with van der Waals surface area (Å²) in [6.45, 7) is 0.0985. The van der Waals surface area contributed by atoms with Crippen LogP contribution >= 0.6 is 35.4 Å². The number of furan rings is 1. The molecule has 0 atom stereocenters. The van der Waals surface area contributed by atoms with Gasteiger partial charge in [0.15, 0.2) is 0 Å². The van der Waals surface area contributed by atoms with Crippen molar-refractivity contribution in [2.45, 2.75) is 13.0 Å². The number of aromatic amines is 1. The molecule has 136 valence electrons. The molecular weight excluding hydrogens is 409 g/mol. The molecule has 0 bridgehead atoms. The number of alkyl halides is 2. The molecule has 0 spiro atoms. The number of hydrogen-bond acceptors (Lipinski definition) is 5. The maximum absolute atomic E-state index is 12.8. The van der Waals surface area contributed by atoms with Crippen LogP contribution in [0.3, 0.4) is 0 Å². The number of ether oxygens (including phenoxy) is 1. The van der Waals surface area contributed by atoms with E-state index in [1.165, 1.54) is 6.21 Å². The smallest absolute Gasteiger partial charge is 0.299 e. The normalized spacial score (nSPS) is 11.6. The summed E-state index contributed by atoms with van der Waals surface area (Å²) in [7, 11) is 0. The van der Waals surface area contributed by atoms with E-state index >= 15 is 0 Å². The molecule has 0 saturated carbocycles. The van der Waals surface area contributed by atoms with Gasteiger partial charge in [0.05, 0.1) is 11.2 Å². The van der Waals surface area contributed by atoms with Gasteiger partial charge in [0.1, 0.15) is 23.9 Å². The van der Waals surface area contributed by atoms with Crippen molar-refractivity contribution in [1.82, 2.24) is 14.9 Å². The quantitative estimate of drug-likeness (QED) is 0.438. The van der Waals surface area contributed by atoms with Crippen LogP contribution in [-0.2, 0) is 6.61 Å². The fraction of sp³-hybridized carbons (Fsp3) is 0.133. The Morgan fingerprint density at radius 3 is 2.92 bits per heavy atom. The number of halogens is 4. The van der Waals surface area contributed by atoms with Crippen LogP contribution in [0.1, 0.15) is 23.8 Å². The summed E-state index contributed by atoms with van der Waals surface area (Å²) in [5.74, 6) is 0.630. The minimum Gasteiger partial charge on any atom is -0.484 e. The molecule has 26 heavy (non-hydrogen) atoms. The lowest BCUT2D eigenvalue weighted by Gasteiger charge is -2.06. The van der Waals surface area contributed by atoms with E-state index in [0.717, 1.165) is 4.68 Å². The number of nitrogens with zero attached hydrogens (tertiary/aromatic N) is 3. The molecule has 3 aromatic rings. The molecular formula is C15H10Cl2F2N4O2S. The van der Waals surface area contributed by atoms with Gasteiger partial charge in [-0.1, -0.05) is 23.2 Å². The maximum atomic E-state index is 12.8. The van der Waals surface area contributed by atoms with Crippen LogP contribution in [0.2, 0.25) is 10.0 Å². The lowest BCUT2D eigenvalue weighted by Crippen LogP contribution is -1.99. The fourth-order valence-corrected chi connectivity index (χ4v) is 2.47. The Balaban J connectivity index is 1.70. The Kier molecular flexibility index (Phi) is 5.70. The Labute approximate surface area is 161 Å². The summed E-state index contributed by atoms with van der Waals surface area (Å²) in [5, 5.41) is 10.4. The zero-order valence-electron chi connectivity index (χ0n) is 12.8. The van der Waals surface area contributed by atoms with Gasteiger partial charge in [-0.15, -0.1) is 0 Å². The zero-order chi connectivity index (χ0) is 18.7. The maximum Gasteiger partial charge on any atom is 0.299 e. The highest BCUT2D eigenvalue weighted by molar-refractivity contribution is 7.71. The summed E-state index contributed by atoms with van der Waals surface area (Å²) >= 11 is 16.8. The van der Waals surface area contributed by atoms with Crippen LogP contribution < -0.4 is 4.74 Å². The zero-order valence-corrected chi connectivity index (χ0v) is 15.2. The molecule has 1 N–H and O–H groups in total. The molecule has 0 aliphatic carbocycles. The fourth-order valence-electron chi connectivity index (χ4n) is 1.95. The van der Waals surface area contributed by atoms with Gasteiger partial charge in [-0.25, -0.2) is 13.9 Å². The summed E-state index contributed by atoms with van der Waals surface area (Å²) < 4.78 is 37.4. The first-order chi connectivity index (χ1) is 12.4. The third kappa shape index (κ3) is 4.29. The van der Waals surface area contributed by atoms with Gasteiger partial charge in [0.2, 0.25) is 10.6 Å². The highest BCUT2D eigenvalue weighted by Gasteiger charge is 2.16. The van der Waals surface area contributed by atoms with Gasteiger partial charge < -0.3 is 9.15 Å². The second-order valence-electron chi connectivity index (χ2n) is 4.91. The van der Waals surface area contributed by atoms with Gasteiger partial charge in [-0.05, 0) is 36.5 Å². The van der Waals surface area contributed by atoms with Crippen molar-refractivity contribution in [3.05, 3.63) is 62.5 Å².